The number of nitrogens with one attached hydrogen (secondary N) is 2. The number of benzene rings is 2. The summed E-state index contributed by atoms with van der Waals surface area (Å²) in [6.07, 6.45) is 0. The fraction of sp³-hybridized carbons (Fsp3) is 0.176. The van der Waals surface area contributed by atoms with Gasteiger partial charge in [-0.25, -0.2) is 9.59 Å². The van der Waals surface area contributed by atoms with Crippen LogP contribution >= 0.6 is 0 Å². The quantitative estimate of drug-likeness (QED) is 0.852. The molecule has 0 heterocycles. The first kappa shape index (κ1) is 15.6. The molecule has 22 heavy (non-hydrogen) atoms. The van der Waals surface area contributed by atoms with E-state index in [9.17, 15) is 9.59 Å². The largest absolute Gasteiger partial charge is 0.465 e. The molecule has 2 amide bonds. The molecule has 0 saturated heterocycles. The predicted octanol–water partition coefficient (Wildman–Crippen LogP) is 3.10. The molecule has 5 nitrogen and oxygen atoms in total. The van der Waals surface area contributed by atoms with Gasteiger partial charge in [-0.3, -0.25) is 0 Å². The minimum absolute atomic E-state index is 0.330. The molecule has 2 aromatic rings. The smallest absolute Gasteiger partial charge is 0.337 e. The number of esters is 1. The highest BCUT2D eigenvalue weighted by Gasteiger charge is 2.07. The Morgan fingerprint density at radius 1 is 1.09 bits per heavy atom. The predicted molar refractivity (Wildman–Crippen MR) is 84.8 cm³/mol. The lowest BCUT2D eigenvalue weighted by Crippen LogP contribution is -2.28. The second-order valence-electron chi connectivity index (χ2n) is 4.87. The van der Waals surface area contributed by atoms with Crippen molar-refractivity contribution in [3.8, 4) is 0 Å². The first-order valence-electron chi connectivity index (χ1n) is 6.87. The van der Waals surface area contributed by atoms with Crippen LogP contribution in [0.2, 0.25) is 0 Å². The van der Waals surface area contributed by atoms with Crippen molar-refractivity contribution in [3.05, 3.63) is 65.2 Å². The molecule has 2 rings (SSSR count). The molecule has 0 spiro atoms. The normalized spacial score (nSPS) is 9.91. The molecule has 0 unspecified atom stereocenters. The Labute approximate surface area is 129 Å². The molecule has 0 aromatic heterocycles. The number of rotatable bonds is 4. The van der Waals surface area contributed by atoms with Gasteiger partial charge in [-0.15, -0.1) is 0 Å². The molecule has 0 bridgehead atoms. The number of ether oxygens (including phenoxy) is 1. The molecule has 0 aliphatic carbocycles. The van der Waals surface area contributed by atoms with E-state index in [4.69, 9.17) is 0 Å². The highest BCUT2D eigenvalue weighted by Crippen LogP contribution is 2.11. The van der Waals surface area contributed by atoms with Crippen LogP contribution < -0.4 is 10.6 Å². The van der Waals surface area contributed by atoms with Crippen molar-refractivity contribution in [2.45, 2.75) is 13.5 Å². The van der Waals surface area contributed by atoms with Crippen molar-refractivity contribution < 1.29 is 14.3 Å². The second kappa shape index (κ2) is 7.26. The summed E-state index contributed by atoms with van der Waals surface area (Å²) in [6, 6.07) is 14.2. The summed E-state index contributed by atoms with van der Waals surface area (Å²) >= 11 is 0. The van der Waals surface area contributed by atoms with E-state index in [1.807, 2.05) is 31.2 Å². The molecule has 0 aliphatic heterocycles. The van der Waals surface area contributed by atoms with E-state index in [0.29, 0.717) is 17.8 Å². The first-order valence-corrected chi connectivity index (χ1v) is 6.87. The fourth-order valence-electron chi connectivity index (χ4n) is 2.02. The Hall–Kier alpha value is -2.82. The Morgan fingerprint density at radius 3 is 2.59 bits per heavy atom. The lowest BCUT2D eigenvalue weighted by molar-refractivity contribution is 0.0600. The summed E-state index contributed by atoms with van der Waals surface area (Å²) in [5.74, 6) is -0.441. The van der Waals surface area contributed by atoms with E-state index in [1.54, 1.807) is 24.3 Å². The van der Waals surface area contributed by atoms with Gasteiger partial charge in [0.05, 0.1) is 12.7 Å². The standard InChI is InChI=1S/C17H18N2O3/c1-12-5-3-6-13(9-12)11-18-17(21)19-15-8-4-7-14(10-15)16(20)22-2/h3-10H,11H2,1-2H3,(H2,18,19,21). The van der Waals surface area contributed by atoms with Crippen molar-refractivity contribution >= 4 is 17.7 Å². The summed E-state index contributed by atoms with van der Waals surface area (Å²) in [4.78, 5) is 23.3. The number of aryl methyl sites for hydroxylation is 1. The summed E-state index contributed by atoms with van der Waals surface area (Å²) in [5, 5.41) is 5.46. The molecule has 0 aliphatic rings. The van der Waals surface area contributed by atoms with Gasteiger partial charge in [0.15, 0.2) is 0 Å². The van der Waals surface area contributed by atoms with Crippen LogP contribution in [0, 0.1) is 6.92 Å². The van der Waals surface area contributed by atoms with Crippen LogP contribution in [0.25, 0.3) is 0 Å². The number of hydrogen-bond acceptors (Lipinski definition) is 3. The van der Waals surface area contributed by atoms with E-state index in [2.05, 4.69) is 15.4 Å². The summed E-state index contributed by atoms with van der Waals surface area (Å²) in [7, 11) is 1.32. The Morgan fingerprint density at radius 2 is 1.86 bits per heavy atom. The van der Waals surface area contributed by atoms with E-state index < -0.39 is 5.97 Å². The van der Waals surface area contributed by atoms with E-state index in [0.717, 1.165) is 11.1 Å². The summed E-state index contributed by atoms with van der Waals surface area (Å²) in [5.41, 5.74) is 3.09. The van der Waals surface area contributed by atoms with Crippen LogP contribution in [-0.2, 0) is 11.3 Å². The topological polar surface area (TPSA) is 67.4 Å². The maximum absolute atomic E-state index is 11.9. The van der Waals surface area contributed by atoms with Gasteiger partial charge in [-0.05, 0) is 30.7 Å². The number of urea groups is 1. The number of carbonyl (C=O) groups is 2. The van der Waals surface area contributed by atoms with Crippen molar-refractivity contribution in [2.24, 2.45) is 0 Å². The van der Waals surface area contributed by atoms with Gasteiger partial charge in [-0.2, -0.15) is 0 Å². The number of hydrogen-bond donors (Lipinski definition) is 2. The van der Waals surface area contributed by atoms with Crippen LogP contribution in [0.5, 0.6) is 0 Å². The third-order valence-electron chi connectivity index (χ3n) is 3.08. The Balaban J connectivity index is 1.93. The van der Waals surface area contributed by atoms with Gasteiger partial charge >= 0.3 is 12.0 Å². The third-order valence-corrected chi connectivity index (χ3v) is 3.08. The van der Waals surface area contributed by atoms with Crippen molar-refractivity contribution in [1.29, 1.82) is 0 Å². The number of amides is 2. The van der Waals surface area contributed by atoms with Crippen molar-refractivity contribution in [3.63, 3.8) is 0 Å². The zero-order valence-electron chi connectivity index (χ0n) is 12.6. The first-order chi connectivity index (χ1) is 10.6. The van der Waals surface area contributed by atoms with Gasteiger partial charge in [0.1, 0.15) is 0 Å². The average Bonchev–Trinajstić information content (AvgIpc) is 2.52. The molecular weight excluding hydrogens is 280 g/mol. The monoisotopic (exact) mass is 298 g/mol. The highest BCUT2D eigenvalue weighted by molar-refractivity contribution is 5.93. The van der Waals surface area contributed by atoms with Crippen LogP contribution in [-0.4, -0.2) is 19.1 Å². The second-order valence-corrected chi connectivity index (χ2v) is 4.87. The molecule has 0 saturated carbocycles. The Bertz CT molecular complexity index is 683. The fourth-order valence-corrected chi connectivity index (χ4v) is 2.02. The highest BCUT2D eigenvalue weighted by atomic mass is 16.5. The van der Waals surface area contributed by atoms with Crippen LogP contribution in [0.15, 0.2) is 48.5 Å². The number of methoxy groups -OCH3 is 1. The SMILES string of the molecule is COC(=O)c1cccc(NC(=O)NCc2cccc(C)c2)c1. The molecular formula is C17H18N2O3. The number of anilines is 1. The zero-order valence-corrected chi connectivity index (χ0v) is 12.6. The third kappa shape index (κ3) is 4.34. The lowest BCUT2D eigenvalue weighted by Gasteiger charge is -2.09. The van der Waals surface area contributed by atoms with Gasteiger partial charge in [0, 0.05) is 12.2 Å². The van der Waals surface area contributed by atoms with Crippen molar-refractivity contribution in [2.75, 3.05) is 12.4 Å². The van der Waals surface area contributed by atoms with Gasteiger partial charge in [0.25, 0.3) is 0 Å². The number of carbonyl (C=O) groups excluding carboxylic acids is 2. The van der Waals surface area contributed by atoms with Crippen LogP contribution in [0.3, 0.4) is 0 Å². The minimum Gasteiger partial charge on any atom is -0.465 e. The average molecular weight is 298 g/mol. The molecule has 0 radical (unpaired) electrons. The summed E-state index contributed by atoms with van der Waals surface area (Å²) < 4.78 is 4.65. The molecule has 2 N–H and O–H groups in total. The maximum atomic E-state index is 11.9. The van der Waals surface area contributed by atoms with E-state index in [1.165, 1.54) is 7.11 Å². The molecule has 0 atom stereocenters. The van der Waals surface area contributed by atoms with Gasteiger partial charge < -0.3 is 15.4 Å². The molecule has 5 heteroatoms. The minimum atomic E-state index is -0.441. The molecule has 2 aromatic carbocycles. The van der Waals surface area contributed by atoms with E-state index >= 15 is 0 Å². The van der Waals surface area contributed by atoms with Gasteiger partial charge in [0.2, 0.25) is 0 Å². The summed E-state index contributed by atoms with van der Waals surface area (Å²) in [6.45, 7) is 2.44. The maximum Gasteiger partial charge on any atom is 0.337 e. The van der Waals surface area contributed by atoms with Crippen LogP contribution in [0.1, 0.15) is 21.5 Å². The lowest BCUT2D eigenvalue weighted by atomic mass is 10.1. The zero-order chi connectivity index (χ0) is 15.9. The van der Waals surface area contributed by atoms with Crippen LogP contribution in [0.4, 0.5) is 10.5 Å². The van der Waals surface area contributed by atoms with Gasteiger partial charge in [-0.1, -0.05) is 35.9 Å². The van der Waals surface area contributed by atoms with E-state index in [-0.39, 0.29) is 6.03 Å². The molecule has 114 valence electrons. The van der Waals surface area contributed by atoms with Crippen molar-refractivity contribution in [1.82, 2.24) is 5.32 Å². The molecule has 0 fully saturated rings. The Kier molecular flexibility index (Phi) is 5.14.